The van der Waals surface area contributed by atoms with Crippen LogP contribution in [0.4, 0.5) is 11.9 Å². The highest BCUT2D eigenvalue weighted by Gasteiger charge is 2.18. The van der Waals surface area contributed by atoms with Gasteiger partial charge in [-0.3, -0.25) is 0 Å². The molecule has 0 aliphatic rings. The summed E-state index contributed by atoms with van der Waals surface area (Å²) in [5.41, 5.74) is 0. The maximum absolute atomic E-state index is 6.93. The Balaban J connectivity index is 2.77. The van der Waals surface area contributed by atoms with E-state index >= 15 is 0 Å². The zero-order chi connectivity index (χ0) is 58.1. The molecule has 0 bridgehead atoms. The number of hydrogen-bond acceptors (Lipinski definition) is 5. The molecule has 81 heavy (non-hydrogen) atoms. The van der Waals surface area contributed by atoms with Crippen LogP contribution in [0.2, 0.25) is 5.28 Å². The summed E-state index contributed by atoms with van der Waals surface area (Å²) in [6.45, 7) is 13.4. The summed E-state index contributed by atoms with van der Waals surface area (Å²) in [5.74, 6) is 1.66. The van der Waals surface area contributed by atoms with Crippen molar-refractivity contribution in [3.63, 3.8) is 0 Å². The van der Waals surface area contributed by atoms with E-state index in [2.05, 4.69) is 37.5 Å². The van der Waals surface area contributed by atoms with Gasteiger partial charge in [0.2, 0.25) is 17.2 Å². The van der Waals surface area contributed by atoms with Gasteiger partial charge in [-0.1, -0.05) is 413 Å². The van der Waals surface area contributed by atoms with Gasteiger partial charge in [-0.2, -0.15) is 15.0 Å². The lowest BCUT2D eigenvalue weighted by Crippen LogP contribution is -2.31. The average Bonchev–Trinajstić information content (AvgIpc) is 3.47. The molecule has 0 aliphatic carbocycles. The molecule has 0 spiro atoms. The van der Waals surface area contributed by atoms with Gasteiger partial charge < -0.3 is 9.80 Å². The molecule has 1 aromatic heterocycles. The van der Waals surface area contributed by atoms with Gasteiger partial charge >= 0.3 is 0 Å². The highest BCUT2D eigenvalue weighted by molar-refractivity contribution is 6.28. The second kappa shape index (κ2) is 66.4. The summed E-state index contributed by atoms with van der Waals surface area (Å²) in [7, 11) is 0. The molecular weight excluding hydrogens is 1010 g/mol. The number of nitrogens with zero attached hydrogens (tertiary/aromatic N) is 5. The summed E-state index contributed by atoms with van der Waals surface area (Å²) in [6, 6.07) is 0. The molecular formula is C75H148ClN5. The third-order valence-electron chi connectivity index (χ3n) is 18.3. The van der Waals surface area contributed by atoms with Crippen molar-refractivity contribution in [2.45, 2.75) is 439 Å². The van der Waals surface area contributed by atoms with Crippen molar-refractivity contribution in [1.82, 2.24) is 15.0 Å². The summed E-state index contributed by atoms with van der Waals surface area (Å²) in [6.07, 6.45) is 89.6. The van der Waals surface area contributed by atoms with Crippen molar-refractivity contribution >= 4 is 23.5 Å². The Bertz CT molecular complexity index is 1160. The van der Waals surface area contributed by atoms with Gasteiger partial charge in [-0.25, -0.2) is 0 Å². The van der Waals surface area contributed by atoms with E-state index in [1.54, 1.807) is 0 Å². The van der Waals surface area contributed by atoms with Crippen molar-refractivity contribution in [3.05, 3.63) is 5.28 Å². The Morgan fingerprint density at radius 1 is 0.185 bits per heavy atom. The van der Waals surface area contributed by atoms with Gasteiger partial charge in [-0.05, 0) is 37.3 Å². The van der Waals surface area contributed by atoms with Crippen molar-refractivity contribution in [1.29, 1.82) is 0 Å². The maximum Gasteiger partial charge on any atom is 0.231 e. The highest BCUT2D eigenvalue weighted by atomic mass is 35.5. The van der Waals surface area contributed by atoms with E-state index in [9.17, 15) is 0 Å². The van der Waals surface area contributed by atoms with Crippen molar-refractivity contribution in [2.24, 2.45) is 0 Å². The summed E-state index contributed by atoms with van der Waals surface area (Å²) >= 11 is 6.93. The van der Waals surface area contributed by atoms with Gasteiger partial charge in [0.1, 0.15) is 0 Å². The van der Waals surface area contributed by atoms with Crippen LogP contribution in [0, 0.1) is 0 Å². The molecule has 1 rings (SSSR count). The zero-order valence-electron chi connectivity index (χ0n) is 56.2. The second-order valence-electron chi connectivity index (χ2n) is 26.4. The zero-order valence-corrected chi connectivity index (χ0v) is 57.0. The van der Waals surface area contributed by atoms with Crippen molar-refractivity contribution < 1.29 is 0 Å². The van der Waals surface area contributed by atoms with Crippen LogP contribution in [0.1, 0.15) is 439 Å². The first-order chi connectivity index (χ1) is 40.2. The number of halogens is 1. The molecule has 0 fully saturated rings. The van der Waals surface area contributed by atoms with Gasteiger partial charge in [0, 0.05) is 26.2 Å². The third kappa shape index (κ3) is 56.5. The monoisotopic (exact) mass is 1150 g/mol. The molecule has 0 amide bonds. The maximum atomic E-state index is 6.93. The van der Waals surface area contributed by atoms with Crippen LogP contribution in [0.15, 0.2) is 0 Å². The Labute approximate surface area is 515 Å². The third-order valence-corrected chi connectivity index (χ3v) is 18.4. The normalized spacial score (nSPS) is 11.7. The van der Waals surface area contributed by atoms with Gasteiger partial charge in [0.05, 0.1) is 0 Å². The largest absolute Gasteiger partial charge is 0.341 e. The van der Waals surface area contributed by atoms with E-state index in [-0.39, 0.29) is 0 Å². The van der Waals surface area contributed by atoms with Crippen LogP contribution in [0.25, 0.3) is 0 Å². The first kappa shape index (κ1) is 77.9. The Kier molecular flexibility index (Phi) is 63.9. The van der Waals surface area contributed by atoms with Crippen LogP contribution < -0.4 is 9.80 Å². The topological polar surface area (TPSA) is 45.2 Å². The average molecular weight is 1160 g/mol. The molecule has 0 atom stereocenters. The lowest BCUT2D eigenvalue weighted by Gasteiger charge is -2.26. The van der Waals surface area contributed by atoms with E-state index in [1.165, 1.54) is 411 Å². The first-order valence-electron chi connectivity index (χ1n) is 38.1. The molecule has 480 valence electrons. The molecule has 0 aromatic carbocycles. The molecule has 0 N–H and O–H groups in total. The summed E-state index contributed by atoms with van der Waals surface area (Å²) in [4.78, 5) is 20.2. The summed E-state index contributed by atoms with van der Waals surface area (Å²) in [5, 5.41) is 0.378. The fraction of sp³-hybridized carbons (Fsp3) is 0.960. The number of aromatic nitrogens is 3. The van der Waals surface area contributed by atoms with E-state index in [0.717, 1.165) is 38.1 Å². The van der Waals surface area contributed by atoms with Crippen LogP contribution in [0.5, 0.6) is 0 Å². The predicted molar refractivity (Wildman–Crippen MR) is 367 cm³/mol. The minimum atomic E-state index is 0.378. The lowest BCUT2D eigenvalue weighted by atomic mass is 10.0. The molecule has 5 nitrogen and oxygen atoms in total. The van der Waals surface area contributed by atoms with E-state index in [4.69, 9.17) is 26.6 Å². The smallest absolute Gasteiger partial charge is 0.231 e. The highest BCUT2D eigenvalue weighted by Crippen LogP contribution is 2.23. The molecule has 6 heteroatoms. The molecule has 0 aliphatic heterocycles. The fourth-order valence-electron chi connectivity index (χ4n) is 12.6. The van der Waals surface area contributed by atoms with E-state index in [1.807, 2.05) is 0 Å². The first-order valence-corrected chi connectivity index (χ1v) is 38.4. The van der Waals surface area contributed by atoms with Crippen molar-refractivity contribution in [3.8, 4) is 0 Å². The number of rotatable bonds is 70. The quantitative estimate of drug-likeness (QED) is 0.0608. The summed E-state index contributed by atoms with van der Waals surface area (Å²) < 4.78 is 0. The van der Waals surface area contributed by atoms with Crippen LogP contribution in [-0.2, 0) is 0 Å². The fourth-order valence-corrected chi connectivity index (χ4v) is 12.8. The van der Waals surface area contributed by atoms with E-state index < -0.39 is 0 Å². The molecule has 1 heterocycles. The number of unbranched alkanes of at least 4 members (excludes halogenated alkanes) is 60. The molecule has 0 saturated heterocycles. The Hall–Kier alpha value is -1.10. The standard InChI is InChI=1S/C75H148ClN5/c1-5-9-13-17-21-25-29-33-37-41-45-49-53-57-61-65-69-80(70-66-62-58-54-50-46-42-38-34-30-26-22-18-14-10-6-2)74-77-73(76)78-75(79-74)81(71-67-63-59-55-51-47-43-39-35-31-27-23-19-15-11-7-3)72-68-64-60-56-52-48-44-40-36-32-28-24-20-16-12-8-4/h5-72H2,1-4H3. The SMILES string of the molecule is CCCCCCCCCCCCCCCCCCN(CCCCCCCCCCCCCCCCCC)c1nc(Cl)nc(N(CCCCCCCCCCCCCCCCCC)CCCCCCCCCCCCCCCCCC)n1. The number of hydrogen-bond donors (Lipinski definition) is 0. The van der Waals surface area contributed by atoms with Gasteiger partial charge in [0.25, 0.3) is 0 Å². The van der Waals surface area contributed by atoms with Crippen molar-refractivity contribution in [2.75, 3.05) is 36.0 Å². The molecule has 1 aromatic rings. The Morgan fingerprint density at radius 3 is 0.444 bits per heavy atom. The molecule has 0 unspecified atom stereocenters. The van der Waals surface area contributed by atoms with Crippen LogP contribution in [0.3, 0.4) is 0 Å². The minimum absolute atomic E-state index is 0.378. The predicted octanol–water partition coefficient (Wildman–Crippen LogP) is 27.2. The van der Waals surface area contributed by atoms with Crippen LogP contribution >= 0.6 is 11.6 Å². The Morgan fingerprint density at radius 2 is 0.309 bits per heavy atom. The minimum Gasteiger partial charge on any atom is -0.341 e. The van der Waals surface area contributed by atoms with Crippen LogP contribution in [-0.4, -0.2) is 41.1 Å². The molecule has 0 saturated carbocycles. The van der Waals surface area contributed by atoms with Gasteiger partial charge in [0.15, 0.2) is 0 Å². The lowest BCUT2D eigenvalue weighted by molar-refractivity contribution is 0.522. The molecule has 0 radical (unpaired) electrons. The number of anilines is 2. The van der Waals surface area contributed by atoms with Gasteiger partial charge in [-0.15, -0.1) is 0 Å². The van der Waals surface area contributed by atoms with E-state index in [0.29, 0.717) is 5.28 Å². The second-order valence-corrected chi connectivity index (χ2v) is 26.7.